The van der Waals surface area contributed by atoms with Gasteiger partial charge in [-0.15, -0.1) is 0 Å². The number of methoxy groups -OCH3 is 2. The van der Waals surface area contributed by atoms with Crippen LogP contribution in [0.5, 0.6) is 17.2 Å². The van der Waals surface area contributed by atoms with Gasteiger partial charge in [0.25, 0.3) is 0 Å². The molecule has 6 unspecified atom stereocenters. The van der Waals surface area contributed by atoms with Crippen LogP contribution in [0.1, 0.15) is 31.2 Å². The molecule has 0 radical (unpaired) electrons. The number of carbonyl (C=O) groups excluding carboxylic acids is 4. The van der Waals surface area contributed by atoms with E-state index in [1.165, 1.54) is 30.1 Å². The molecule has 6 atom stereocenters. The lowest BCUT2D eigenvalue weighted by Gasteiger charge is -2.49. The molecule has 9 nitrogen and oxygen atoms in total. The van der Waals surface area contributed by atoms with E-state index in [1.54, 1.807) is 61.5 Å². The number of benzene rings is 3. The van der Waals surface area contributed by atoms with Crippen LogP contribution in [0.25, 0.3) is 0 Å². The second-order valence-electron chi connectivity index (χ2n) is 12.2. The van der Waals surface area contributed by atoms with E-state index in [-0.39, 0.29) is 36.3 Å². The standard InChI is InChI=1S/C35H31BrN2O7/c1-35-25(32(41)38(34(35)43)19-7-5-4-6-8-19)17-24-22(30(35)29-26(39)15-21(44-2)16-27(29)45-3)13-14-23-28(24)33(42)37(31(23)40)20-11-9-18(36)10-12-20/h4-13,15-16,23-25,28,30,39H,14,17H2,1-3H3. The number of carbonyl (C=O) groups is 4. The van der Waals surface area contributed by atoms with Gasteiger partial charge in [-0.05, 0) is 62.1 Å². The molecular weight excluding hydrogens is 640 g/mol. The molecule has 0 aromatic heterocycles. The van der Waals surface area contributed by atoms with Gasteiger partial charge in [0.1, 0.15) is 17.2 Å². The molecule has 0 bridgehead atoms. The Balaban J connectivity index is 1.41. The number of anilines is 2. The van der Waals surface area contributed by atoms with Crippen molar-refractivity contribution in [1.29, 1.82) is 0 Å². The minimum Gasteiger partial charge on any atom is -0.507 e. The third-order valence-electron chi connectivity index (χ3n) is 10.2. The summed E-state index contributed by atoms with van der Waals surface area (Å²) in [5.41, 5.74) is 0.717. The number of fused-ring (bicyclic) bond motifs is 4. The summed E-state index contributed by atoms with van der Waals surface area (Å²) < 4.78 is 12.0. The van der Waals surface area contributed by atoms with Crippen molar-refractivity contribution in [3.05, 3.63) is 88.4 Å². The van der Waals surface area contributed by atoms with Crippen LogP contribution in [0.2, 0.25) is 0 Å². The van der Waals surface area contributed by atoms with Crippen molar-refractivity contribution < 1.29 is 33.8 Å². The number of hydrogen-bond acceptors (Lipinski definition) is 7. The molecule has 2 aliphatic carbocycles. The largest absolute Gasteiger partial charge is 0.507 e. The molecule has 4 amide bonds. The monoisotopic (exact) mass is 670 g/mol. The Labute approximate surface area is 268 Å². The predicted molar refractivity (Wildman–Crippen MR) is 169 cm³/mol. The Morgan fingerprint density at radius 3 is 2.20 bits per heavy atom. The van der Waals surface area contributed by atoms with Crippen LogP contribution in [-0.2, 0) is 19.2 Å². The third kappa shape index (κ3) is 4.11. The van der Waals surface area contributed by atoms with Crippen LogP contribution in [0.15, 0.2) is 82.9 Å². The zero-order valence-electron chi connectivity index (χ0n) is 24.9. The number of amides is 4. The molecule has 7 rings (SSSR count). The Bertz CT molecular complexity index is 1790. The van der Waals surface area contributed by atoms with Crippen LogP contribution in [0.3, 0.4) is 0 Å². The summed E-state index contributed by atoms with van der Waals surface area (Å²) in [4.78, 5) is 59.4. The normalized spacial score (nSPS) is 28.9. The maximum Gasteiger partial charge on any atom is 0.241 e. The third-order valence-corrected chi connectivity index (χ3v) is 10.7. The average molecular weight is 672 g/mol. The summed E-state index contributed by atoms with van der Waals surface area (Å²) >= 11 is 3.41. The lowest BCUT2D eigenvalue weighted by molar-refractivity contribution is -0.131. The Morgan fingerprint density at radius 1 is 0.844 bits per heavy atom. The number of hydrogen-bond donors (Lipinski definition) is 1. The van der Waals surface area contributed by atoms with Crippen LogP contribution in [0.4, 0.5) is 11.4 Å². The topological polar surface area (TPSA) is 113 Å². The zero-order chi connectivity index (χ0) is 31.8. The second-order valence-corrected chi connectivity index (χ2v) is 13.2. The molecule has 45 heavy (non-hydrogen) atoms. The minimum atomic E-state index is -1.32. The highest BCUT2D eigenvalue weighted by Crippen LogP contribution is 2.65. The average Bonchev–Trinajstić information content (AvgIpc) is 3.41. The Hall–Kier alpha value is -4.44. The van der Waals surface area contributed by atoms with Crippen LogP contribution < -0.4 is 19.3 Å². The first-order chi connectivity index (χ1) is 21.6. The summed E-state index contributed by atoms with van der Waals surface area (Å²) in [6, 6.07) is 18.9. The predicted octanol–water partition coefficient (Wildman–Crippen LogP) is 5.61. The molecule has 3 fully saturated rings. The van der Waals surface area contributed by atoms with E-state index >= 15 is 0 Å². The van der Waals surface area contributed by atoms with Crippen molar-refractivity contribution >= 4 is 50.9 Å². The van der Waals surface area contributed by atoms with E-state index in [1.807, 2.05) is 12.1 Å². The molecule has 3 aromatic carbocycles. The fourth-order valence-corrected chi connectivity index (χ4v) is 8.42. The summed E-state index contributed by atoms with van der Waals surface area (Å²) in [6.45, 7) is 1.77. The quantitative estimate of drug-likeness (QED) is 0.277. The van der Waals surface area contributed by atoms with Crippen molar-refractivity contribution in [1.82, 2.24) is 0 Å². The van der Waals surface area contributed by atoms with Gasteiger partial charge >= 0.3 is 0 Å². The van der Waals surface area contributed by atoms with Gasteiger partial charge in [0.15, 0.2) is 0 Å². The number of ether oxygens (including phenoxy) is 2. The van der Waals surface area contributed by atoms with Crippen molar-refractivity contribution in [3.63, 3.8) is 0 Å². The summed E-state index contributed by atoms with van der Waals surface area (Å²) in [5.74, 6) is -4.37. The van der Waals surface area contributed by atoms with Gasteiger partial charge in [-0.1, -0.05) is 45.8 Å². The SMILES string of the molecule is COc1cc(O)c(C2C3=CCC4C(=O)N(c5ccc(Br)cc5)C(=O)C4C3CC3C(=O)N(c4ccccc4)C(=O)C32C)c(OC)c1. The first kappa shape index (κ1) is 29.3. The molecule has 4 aliphatic rings. The van der Waals surface area contributed by atoms with E-state index in [0.29, 0.717) is 28.4 Å². The van der Waals surface area contributed by atoms with Crippen molar-refractivity contribution in [2.45, 2.75) is 25.7 Å². The molecule has 1 saturated carbocycles. The smallest absolute Gasteiger partial charge is 0.241 e. The van der Waals surface area contributed by atoms with Crippen molar-refractivity contribution in [3.8, 4) is 17.2 Å². The minimum absolute atomic E-state index is 0.149. The number of phenols is 1. The van der Waals surface area contributed by atoms with E-state index in [4.69, 9.17) is 9.47 Å². The lowest BCUT2D eigenvalue weighted by atomic mass is 9.51. The molecule has 1 N–H and O–H groups in total. The van der Waals surface area contributed by atoms with Gasteiger partial charge in [-0.2, -0.15) is 0 Å². The summed E-state index contributed by atoms with van der Waals surface area (Å²) in [7, 11) is 2.94. The highest BCUT2D eigenvalue weighted by molar-refractivity contribution is 9.10. The van der Waals surface area contributed by atoms with Gasteiger partial charge in [0.2, 0.25) is 23.6 Å². The fourth-order valence-electron chi connectivity index (χ4n) is 8.16. The van der Waals surface area contributed by atoms with E-state index in [9.17, 15) is 24.3 Å². The molecule has 2 aliphatic heterocycles. The van der Waals surface area contributed by atoms with Crippen LogP contribution in [-0.4, -0.2) is 43.0 Å². The molecule has 0 spiro atoms. The highest BCUT2D eigenvalue weighted by atomic mass is 79.9. The van der Waals surface area contributed by atoms with Gasteiger partial charge in [0, 0.05) is 28.1 Å². The second kappa shape index (κ2) is 10.6. The highest BCUT2D eigenvalue weighted by Gasteiger charge is 2.68. The van der Waals surface area contributed by atoms with Crippen LogP contribution in [0, 0.1) is 29.1 Å². The number of aromatic hydroxyl groups is 1. The molecule has 10 heteroatoms. The van der Waals surface area contributed by atoms with Crippen molar-refractivity contribution in [2.75, 3.05) is 24.0 Å². The number of imide groups is 2. The molecule has 230 valence electrons. The van der Waals surface area contributed by atoms with Gasteiger partial charge in [-0.25, -0.2) is 4.90 Å². The van der Waals surface area contributed by atoms with Crippen molar-refractivity contribution in [2.24, 2.45) is 29.1 Å². The number of allylic oxidation sites excluding steroid dienone is 2. The first-order valence-electron chi connectivity index (χ1n) is 14.8. The number of para-hydroxylation sites is 1. The van der Waals surface area contributed by atoms with Gasteiger partial charge in [-0.3, -0.25) is 24.1 Å². The number of phenolic OH excluding ortho intramolecular Hbond substituents is 1. The molecule has 2 heterocycles. The first-order valence-corrected chi connectivity index (χ1v) is 15.6. The van der Waals surface area contributed by atoms with E-state index < -0.39 is 40.9 Å². The summed E-state index contributed by atoms with van der Waals surface area (Å²) in [5, 5.41) is 11.5. The van der Waals surface area contributed by atoms with Gasteiger partial charge < -0.3 is 14.6 Å². The lowest BCUT2D eigenvalue weighted by Crippen LogP contribution is -2.49. The maximum absolute atomic E-state index is 14.6. The summed E-state index contributed by atoms with van der Waals surface area (Å²) in [6.07, 6.45) is 2.44. The fraction of sp³-hybridized carbons (Fsp3) is 0.314. The number of halogens is 1. The van der Waals surface area contributed by atoms with Crippen LogP contribution >= 0.6 is 15.9 Å². The number of rotatable bonds is 5. The zero-order valence-corrected chi connectivity index (χ0v) is 26.5. The van der Waals surface area contributed by atoms with E-state index in [2.05, 4.69) is 15.9 Å². The molecular formula is C35H31BrN2O7. The Kier molecular flexibility index (Phi) is 6.88. The molecule has 2 saturated heterocycles. The van der Waals surface area contributed by atoms with Gasteiger partial charge in [0.05, 0.1) is 48.8 Å². The molecule has 3 aromatic rings. The maximum atomic E-state index is 14.6. The number of nitrogens with zero attached hydrogens (tertiary/aromatic N) is 2. The Morgan fingerprint density at radius 2 is 1.53 bits per heavy atom. The van der Waals surface area contributed by atoms with E-state index in [0.717, 1.165) is 10.0 Å².